The summed E-state index contributed by atoms with van der Waals surface area (Å²) in [6, 6.07) is 2.75. The van der Waals surface area contributed by atoms with Gasteiger partial charge in [0.25, 0.3) is 0 Å². The normalized spacial score (nSPS) is 13.7. The summed E-state index contributed by atoms with van der Waals surface area (Å²) >= 11 is 12.1. The molecular formula is C14H22Cl2N2O2S. The zero-order valence-electron chi connectivity index (χ0n) is 12.5. The van der Waals surface area contributed by atoms with Crippen LogP contribution < -0.4 is 10.5 Å². The van der Waals surface area contributed by atoms with Gasteiger partial charge >= 0.3 is 0 Å². The van der Waals surface area contributed by atoms with Gasteiger partial charge in [-0.3, -0.25) is 0 Å². The molecule has 0 aliphatic heterocycles. The number of hydrogen-bond acceptors (Lipinski definition) is 3. The Labute approximate surface area is 137 Å². The van der Waals surface area contributed by atoms with E-state index in [9.17, 15) is 8.42 Å². The molecule has 1 aromatic carbocycles. The lowest BCUT2D eigenvalue weighted by molar-refractivity contribution is 0.485. The number of nitrogens with one attached hydrogen (secondary N) is 1. The standard InChI is InChI=1S/C14H22Cl2N2O2S/c1-9(2)4-5-10(3)18-21(19,20)13-7-6-12(15)11(8-17)14(13)16/h6-7,9-10,18H,4-5,8,17H2,1-3H3. The van der Waals surface area contributed by atoms with E-state index in [-0.39, 0.29) is 22.5 Å². The van der Waals surface area contributed by atoms with Gasteiger partial charge in [-0.15, -0.1) is 0 Å². The molecule has 120 valence electrons. The highest BCUT2D eigenvalue weighted by Crippen LogP contribution is 2.30. The summed E-state index contributed by atoms with van der Waals surface area (Å²) in [5, 5.41) is 0.461. The van der Waals surface area contributed by atoms with Crippen molar-refractivity contribution in [2.45, 2.75) is 51.1 Å². The first kappa shape index (κ1) is 18.7. The number of rotatable bonds is 7. The molecule has 0 heterocycles. The number of hydrogen-bond donors (Lipinski definition) is 2. The topological polar surface area (TPSA) is 72.2 Å². The average Bonchev–Trinajstić information content (AvgIpc) is 2.36. The lowest BCUT2D eigenvalue weighted by atomic mass is 10.1. The number of nitrogens with two attached hydrogens (primary N) is 1. The molecule has 0 radical (unpaired) electrons. The van der Waals surface area contributed by atoms with Gasteiger partial charge in [-0.05, 0) is 37.8 Å². The van der Waals surface area contributed by atoms with E-state index in [1.54, 1.807) is 0 Å². The van der Waals surface area contributed by atoms with Gasteiger partial charge in [0, 0.05) is 23.2 Å². The minimum atomic E-state index is -3.68. The Hall–Kier alpha value is -0.330. The van der Waals surface area contributed by atoms with Crippen LogP contribution in [0.1, 0.15) is 39.2 Å². The summed E-state index contributed by atoms with van der Waals surface area (Å²) in [6.07, 6.45) is 1.72. The van der Waals surface area contributed by atoms with Crippen LogP contribution in [-0.2, 0) is 16.6 Å². The zero-order chi connectivity index (χ0) is 16.2. The predicted molar refractivity (Wildman–Crippen MR) is 88.2 cm³/mol. The summed E-state index contributed by atoms with van der Waals surface area (Å²) in [5.74, 6) is 0.528. The van der Waals surface area contributed by atoms with Crippen LogP contribution in [0, 0.1) is 5.92 Å². The molecule has 3 N–H and O–H groups in total. The molecule has 4 nitrogen and oxygen atoms in total. The summed E-state index contributed by atoms with van der Waals surface area (Å²) in [7, 11) is -3.68. The van der Waals surface area contributed by atoms with Gasteiger partial charge in [0.15, 0.2) is 0 Å². The Morgan fingerprint density at radius 1 is 1.19 bits per heavy atom. The van der Waals surface area contributed by atoms with Crippen molar-refractivity contribution in [3.05, 3.63) is 27.7 Å². The molecule has 7 heteroatoms. The molecule has 0 amide bonds. The van der Waals surface area contributed by atoms with E-state index in [1.807, 2.05) is 6.92 Å². The van der Waals surface area contributed by atoms with Gasteiger partial charge in [0.1, 0.15) is 4.90 Å². The maximum atomic E-state index is 12.4. The molecule has 1 atom stereocenters. The monoisotopic (exact) mass is 352 g/mol. The highest BCUT2D eigenvalue weighted by Gasteiger charge is 2.23. The van der Waals surface area contributed by atoms with E-state index in [0.29, 0.717) is 16.5 Å². The molecule has 0 aromatic heterocycles. The third-order valence-electron chi connectivity index (χ3n) is 3.18. The summed E-state index contributed by atoms with van der Waals surface area (Å²) in [5.41, 5.74) is 6.00. The summed E-state index contributed by atoms with van der Waals surface area (Å²) in [4.78, 5) is 0.0189. The van der Waals surface area contributed by atoms with Crippen LogP contribution in [0.15, 0.2) is 17.0 Å². The number of benzene rings is 1. The van der Waals surface area contributed by atoms with Gasteiger partial charge in [-0.2, -0.15) is 0 Å². The van der Waals surface area contributed by atoms with Crippen LogP contribution in [0.5, 0.6) is 0 Å². The van der Waals surface area contributed by atoms with Crippen LogP contribution in [0.2, 0.25) is 10.0 Å². The molecule has 1 rings (SSSR count). The van der Waals surface area contributed by atoms with Crippen molar-refractivity contribution >= 4 is 33.2 Å². The van der Waals surface area contributed by atoms with Crippen LogP contribution in [0.3, 0.4) is 0 Å². The van der Waals surface area contributed by atoms with E-state index < -0.39 is 10.0 Å². The van der Waals surface area contributed by atoms with Crippen LogP contribution in [0.4, 0.5) is 0 Å². The Morgan fingerprint density at radius 3 is 2.33 bits per heavy atom. The van der Waals surface area contributed by atoms with E-state index in [0.717, 1.165) is 12.8 Å². The average molecular weight is 353 g/mol. The van der Waals surface area contributed by atoms with Crippen molar-refractivity contribution in [2.75, 3.05) is 0 Å². The number of halogens is 2. The molecule has 0 saturated carbocycles. The second-order valence-corrected chi connectivity index (χ2v) is 8.00. The third kappa shape index (κ3) is 5.11. The van der Waals surface area contributed by atoms with Gasteiger partial charge in [0.2, 0.25) is 10.0 Å². The zero-order valence-corrected chi connectivity index (χ0v) is 14.8. The Kier molecular flexibility index (Phi) is 6.94. The van der Waals surface area contributed by atoms with E-state index in [4.69, 9.17) is 28.9 Å². The first-order chi connectivity index (χ1) is 9.69. The largest absolute Gasteiger partial charge is 0.326 e. The maximum absolute atomic E-state index is 12.4. The second kappa shape index (κ2) is 7.79. The molecule has 0 saturated heterocycles. The Morgan fingerprint density at radius 2 is 1.81 bits per heavy atom. The molecule has 0 fully saturated rings. The second-order valence-electron chi connectivity index (χ2n) is 5.54. The minimum Gasteiger partial charge on any atom is -0.326 e. The molecule has 0 bridgehead atoms. The van der Waals surface area contributed by atoms with E-state index >= 15 is 0 Å². The Bertz CT molecular complexity index is 589. The fraction of sp³-hybridized carbons (Fsp3) is 0.571. The number of sulfonamides is 1. The van der Waals surface area contributed by atoms with Gasteiger partial charge in [0.05, 0.1) is 5.02 Å². The third-order valence-corrected chi connectivity index (χ3v) is 5.71. The fourth-order valence-corrected chi connectivity index (χ4v) is 4.15. The van der Waals surface area contributed by atoms with Gasteiger partial charge < -0.3 is 5.73 Å². The quantitative estimate of drug-likeness (QED) is 0.787. The highest BCUT2D eigenvalue weighted by molar-refractivity contribution is 7.89. The SMILES string of the molecule is CC(C)CCC(C)NS(=O)(=O)c1ccc(Cl)c(CN)c1Cl. The maximum Gasteiger partial charge on any atom is 0.242 e. The van der Waals surface area contributed by atoms with Crippen LogP contribution in [0.25, 0.3) is 0 Å². The highest BCUT2D eigenvalue weighted by atomic mass is 35.5. The minimum absolute atomic E-state index is 0.0189. The van der Waals surface area contributed by atoms with E-state index in [1.165, 1.54) is 12.1 Å². The first-order valence-electron chi connectivity index (χ1n) is 6.88. The first-order valence-corrected chi connectivity index (χ1v) is 9.12. The van der Waals surface area contributed by atoms with Crippen molar-refractivity contribution in [3.63, 3.8) is 0 Å². The summed E-state index contributed by atoms with van der Waals surface area (Å²) in [6.45, 7) is 6.13. The van der Waals surface area contributed by atoms with Crippen molar-refractivity contribution in [1.82, 2.24) is 4.72 Å². The smallest absolute Gasteiger partial charge is 0.242 e. The molecule has 0 aliphatic rings. The van der Waals surface area contributed by atoms with Crippen molar-refractivity contribution in [2.24, 2.45) is 11.7 Å². The fourth-order valence-electron chi connectivity index (χ4n) is 1.94. The molecular weight excluding hydrogens is 331 g/mol. The summed E-state index contributed by atoms with van der Waals surface area (Å²) < 4.78 is 27.5. The Balaban J connectivity index is 2.98. The molecule has 1 unspecified atom stereocenters. The van der Waals surface area contributed by atoms with Gasteiger partial charge in [-0.25, -0.2) is 13.1 Å². The molecule has 0 aliphatic carbocycles. The van der Waals surface area contributed by atoms with Crippen molar-refractivity contribution in [1.29, 1.82) is 0 Å². The lowest BCUT2D eigenvalue weighted by Gasteiger charge is -2.17. The van der Waals surface area contributed by atoms with Crippen molar-refractivity contribution in [3.8, 4) is 0 Å². The van der Waals surface area contributed by atoms with Gasteiger partial charge in [-0.1, -0.05) is 37.0 Å². The molecule has 1 aromatic rings. The lowest BCUT2D eigenvalue weighted by Crippen LogP contribution is -2.33. The predicted octanol–water partition coefficient (Wildman–Crippen LogP) is 3.56. The molecule has 21 heavy (non-hydrogen) atoms. The van der Waals surface area contributed by atoms with Crippen LogP contribution in [-0.4, -0.2) is 14.5 Å². The van der Waals surface area contributed by atoms with E-state index in [2.05, 4.69) is 18.6 Å². The van der Waals surface area contributed by atoms with Crippen molar-refractivity contribution < 1.29 is 8.42 Å². The molecule has 0 spiro atoms. The van der Waals surface area contributed by atoms with Crippen LogP contribution >= 0.6 is 23.2 Å².